The molecule has 90 valence electrons. The zero-order valence-corrected chi connectivity index (χ0v) is 10.2. The van der Waals surface area contributed by atoms with Crippen LogP contribution in [0, 0.1) is 0 Å². The van der Waals surface area contributed by atoms with Gasteiger partial charge >= 0.3 is 0 Å². The van der Waals surface area contributed by atoms with Gasteiger partial charge in [-0.2, -0.15) is 5.10 Å². The molecule has 3 aromatic rings. The Morgan fingerprint density at radius 2 is 2.06 bits per heavy atom. The van der Waals surface area contributed by atoms with Crippen molar-refractivity contribution in [1.82, 2.24) is 14.8 Å². The number of anilines is 1. The van der Waals surface area contributed by atoms with Gasteiger partial charge in [-0.25, -0.2) is 0 Å². The number of hydrogen-bond donors (Lipinski definition) is 1. The summed E-state index contributed by atoms with van der Waals surface area (Å²) in [6, 6.07) is 12.1. The number of fused-ring (bicyclic) bond motifs is 1. The highest BCUT2D eigenvalue weighted by atomic mass is 15.3. The zero-order chi connectivity index (χ0) is 12.4. The highest BCUT2D eigenvalue weighted by molar-refractivity contribution is 5.90. The lowest BCUT2D eigenvalue weighted by molar-refractivity contribution is 0.747. The molecule has 0 saturated heterocycles. The standard InChI is InChI=1S/C14H14N4/c1-18-9-7-11(17-18)10-16-14-6-8-15-13-5-3-2-4-12(13)14/h2-9H,10H2,1H3,(H,15,16). The highest BCUT2D eigenvalue weighted by Crippen LogP contribution is 2.21. The van der Waals surface area contributed by atoms with Crippen LogP contribution in [-0.4, -0.2) is 14.8 Å². The third-order valence-corrected chi connectivity index (χ3v) is 2.88. The molecule has 1 N–H and O–H groups in total. The minimum Gasteiger partial charge on any atom is -0.379 e. The average molecular weight is 238 g/mol. The molecule has 3 rings (SSSR count). The van der Waals surface area contributed by atoms with Crippen LogP contribution >= 0.6 is 0 Å². The molecule has 0 aliphatic heterocycles. The number of pyridine rings is 1. The summed E-state index contributed by atoms with van der Waals surface area (Å²) in [7, 11) is 1.92. The molecule has 4 nitrogen and oxygen atoms in total. The third kappa shape index (κ3) is 2.05. The largest absolute Gasteiger partial charge is 0.379 e. The topological polar surface area (TPSA) is 42.7 Å². The molecular formula is C14H14N4. The van der Waals surface area contributed by atoms with Crippen molar-refractivity contribution in [1.29, 1.82) is 0 Å². The maximum atomic E-state index is 4.34. The first-order valence-electron chi connectivity index (χ1n) is 5.89. The first-order chi connectivity index (χ1) is 8.83. The maximum Gasteiger partial charge on any atom is 0.0815 e. The Balaban J connectivity index is 1.86. The second kappa shape index (κ2) is 4.49. The van der Waals surface area contributed by atoms with E-state index in [4.69, 9.17) is 0 Å². The van der Waals surface area contributed by atoms with E-state index in [9.17, 15) is 0 Å². The van der Waals surface area contributed by atoms with Gasteiger partial charge in [0.15, 0.2) is 0 Å². The highest BCUT2D eigenvalue weighted by Gasteiger charge is 2.01. The normalized spacial score (nSPS) is 10.7. The molecule has 0 fully saturated rings. The predicted octanol–water partition coefficient (Wildman–Crippen LogP) is 2.58. The van der Waals surface area contributed by atoms with Crippen molar-refractivity contribution in [2.45, 2.75) is 6.54 Å². The van der Waals surface area contributed by atoms with Crippen LogP contribution in [0.3, 0.4) is 0 Å². The lowest BCUT2D eigenvalue weighted by Crippen LogP contribution is -2.01. The number of benzene rings is 1. The minimum atomic E-state index is 0.717. The van der Waals surface area contributed by atoms with Gasteiger partial charge in [-0.3, -0.25) is 9.67 Å². The molecule has 0 amide bonds. The lowest BCUT2D eigenvalue weighted by atomic mass is 10.2. The number of rotatable bonds is 3. The Morgan fingerprint density at radius 1 is 1.17 bits per heavy atom. The smallest absolute Gasteiger partial charge is 0.0815 e. The van der Waals surface area contributed by atoms with Gasteiger partial charge in [0.05, 0.1) is 17.8 Å². The quantitative estimate of drug-likeness (QED) is 0.762. The van der Waals surface area contributed by atoms with E-state index < -0.39 is 0 Å². The van der Waals surface area contributed by atoms with Crippen molar-refractivity contribution in [2.75, 3.05) is 5.32 Å². The number of nitrogens with one attached hydrogen (secondary N) is 1. The van der Waals surface area contributed by atoms with Gasteiger partial charge in [0, 0.05) is 30.5 Å². The van der Waals surface area contributed by atoms with E-state index in [0.29, 0.717) is 0 Å². The Hall–Kier alpha value is -2.36. The van der Waals surface area contributed by atoms with Crippen LogP contribution in [0.2, 0.25) is 0 Å². The fraction of sp³-hybridized carbons (Fsp3) is 0.143. The van der Waals surface area contributed by atoms with E-state index in [1.54, 1.807) is 0 Å². The first-order valence-corrected chi connectivity index (χ1v) is 5.89. The summed E-state index contributed by atoms with van der Waals surface area (Å²) in [6.45, 7) is 0.717. The lowest BCUT2D eigenvalue weighted by Gasteiger charge is -2.07. The molecule has 18 heavy (non-hydrogen) atoms. The molecule has 2 heterocycles. The Labute approximate surface area is 105 Å². The van der Waals surface area contributed by atoms with Crippen molar-refractivity contribution in [3.63, 3.8) is 0 Å². The van der Waals surface area contributed by atoms with Crippen LogP contribution < -0.4 is 5.32 Å². The molecule has 0 saturated carbocycles. The van der Waals surface area contributed by atoms with Crippen LogP contribution in [0.4, 0.5) is 5.69 Å². The van der Waals surface area contributed by atoms with Crippen molar-refractivity contribution >= 4 is 16.6 Å². The first kappa shape index (κ1) is 10.8. The molecule has 0 aliphatic rings. The predicted molar refractivity (Wildman–Crippen MR) is 72.3 cm³/mol. The molecule has 2 aromatic heterocycles. The van der Waals surface area contributed by atoms with Crippen molar-refractivity contribution in [2.24, 2.45) is 7.05 Å². The SMILES string of the molecule is Cn1ccc(CNc2ccnc3ccccc23)n1. The van der Waals surface area contributed by atoms with Gasteiger partial charge in [0.1, 0.15) is 0 Å². The van der Waals surface area contributed by atoms with Gasteiger partial charge < -0.3 is 5.32 Å². The average Bonchev–Trinajstić information content (AvgIpc) is 2.82. The summed E-state index contributed by atoms with van der Waals surface area (Å²) in [6.07, 6.45) is 3.77. The molecule has 0 atom stereocenters. The molecule has 0 spiro atoms. The summed E-state index contributed by atoms with van der Waals surface area (Å²) < 4.78 is 1.81. The summed E-state index contributed by atoms with van der Waals surface area (Å²) in [5, 5.41) is 8.88. The monoisotopic (exact) mass is 238 g/mol. The van der Waals surface area contributed by atoms with Crippen LogP contribution in [0.25, 0.3) is 10.9 Å². The van der Waals surface area contributed by atoms with E-state index in [2.05, 4.69) is 21.5 Å². The van der Waals surface area contributed by atoms with E-state index in [1.807, 2.05) is 54.5 Å². The van der Waals surface area contributed by atoms with Gasteiger partial charge in [0.2, 0.25) is 0 Å². The molecular weight excluding hydrogens is 224 g/mol. The molecule has 4 heteroatoms. The summed E-state index contributed by atoms with van der Waals surface area (Å²) >= 11 is 0. The fourth-order valence-corrected chi connectivity index (χ4v) is 1.99. The van der Waals surface area contributed by atoms with Crippen LogP contribution in [0.15, 0.2) is 48.8 Å². The maximum absolute atomic E-state index is 4.34. The third-order valence-electron chi connectivity index (χ3n) is 2.88. The summed E-state index contributed by atoms with van der Waals surface area (Å²) in [4.78, 5) is 4.34. The van der Waals surface area contributed by atoms with Crippen LogP contribution in [-0.2, 0) is 13.6 Å². The Bertz CT molecular complexity index is 667. The van der Waals surface area contributed by atoms with Crippen LogP contribution in [0.5, 0.6) is 0 Å². The van der Waals surface area contributed by atoms with E-state index >= 15 is 0 Å². The number of aromatic nitrogens is 3. The second-order valence-corrected chi connectivity index (χ2v) is 4.21. The molecule has 0 bridgehead atoms. The second-order valence-electron chi connectivity index (χ2n) is 4.21. The van der Waals surface area contributed by atoms with E-state index in [-0.39, 0.29) is 0 Å². The van der Waals surface area contributed by atoms with Crippen molar-refractivity contribution < 1.29 is 0 Å². The van der Waals surface area contributed by atoms with Gasteiger partial charge in [-0.05, 0) is 18.2 Å². The van der Waals surface area contributed by atoms with E-state index in [0.717, 1.165) is 28.8 Å². The minimum absolute atomic E-state index is 0.717. The van der Waals surface area contributed by atoms with Gasteiger partial charge in [-0.15, -0.1) is 0 Å². The number of aryl methyl sites for hydroxylation is 1. The Morgan fingerprint density at radius 3 is 2.89 bits per heavy atom. The molecule has 0 unspecified atom stereocenters. The molecule has 1 aromatic carbocycles. The molecule has 0 radical (unpaired) electrons. The fourth-order valence-electron chi connectivity index (χ4n) is 1.99. The van der Waals surface area contributed by atoms with Crippen molar-refractivity contribution in [3.05, 3.63) is 54.5 Å². The zero-order valence-electron chi connectivity index (χ0n) is 10.2. The van der Waals surface area contributed by atoms with Gasteiger partial charge in [-0.1, -0.05) is 18.2 Å². The number of hydrogen-bond acceptors (Lipinski definition) is 3. The summed E-state index contributed by atoms with van der Waals surface area (Å²) in [5.74, 6) is 0. The van der Waals surface area contributed by atoms with Crippen molar-refractivity contribution in [3.8, 4) is 0 Å². The Kier molecular flexibility index (Phi) is 2.68. The molecule has 0 aliphatic carbocycles. The summed E-state index contributed by atoms with van der Waals surface area (Å²) in [5.41, 5.74) is 3.12. The van der Waals surface area contributed by atoms with Crippen LogP contribution in [0.1, 0.15) is 5.69 Å². The number of para-hydroxylation sites is 1. The van der Waals surface area contributed by atoms with Gasteiger partial charge in [0.25, 0.3) is 0 Å². The number of nitrogens with zero attached hydrogens (tertiary/aromatic N) is 3. The van der Waals surface area contributed by atoms with E-state index in [1.165, 1.54) is 0 Å².